The molecule has 3 rings (SSSR count). The lowest BCUT2D eigenvalue weighted by molar-refractivity contribution is -0.151. The molecule has 9 nitrogen and oxygen atoms in total. The van der Waals surface area contributed by atoms with Gasteiger partial charge in [0, 0.05) is 44.2 Å². The van der Waals surface area contributed by atoms with Gasteiger partial charge in [0.2, 0.25) is 5.88 Å². The molecule has 2 N–H and O–H groups in total. The van der Waals surface area contributed by atoms with E-state index in [-0.39, 0.29) is 18.0 Å². The van der Waals surface area contributed by atoms with Crippen molar-refractivity contribution < 1.29 is 23.5 Å². The van der Waals surface area contributed by atoms with Crippen molar-refractivity contribution in [2.24, 2.45) is 0 Å². The molecule has 2 aromatic rings. The van der Waals surface area contributed by atoms with E-state index < -0.39 is 6.16 Å². The summed E-state index contributed by atoms with van der Waals surface area (Å²) in [5.74, 6) is 0.431. The summed E-state index contributed by atoms with van der Waals surface area (Å²) >= 11 is 0. The van der Waals surface area contributed by atoms with Crippen molar-refractivity contribution >= 4 is 23.3 Å². The quantitative estimate of drug-likeness (QED) is 0.596. The molecule has 0 spiro atoms. The lowest BCUT2D eigenvalue weighted by atomic mass is 10.1. The number of rotatable bonds is 8. The van der Waals surface area contributed by atoms with Gasteiger partial charge in [-0.2, -0.15) is 0 Å². The summed E-state index contributed by atoms with van der Waals surface area (Å²) in [6.07, 6.45) is 1.66. The second-order valence-corrected chi connectivity index (χ2v) is 7.35. The Morgan fingerprint density at radius 3 is 2.71 bits per heavy atom. The van der Waals surface area contributed by atoms with Crippen molar-refractivity contribution in [3.63, 3.8) is 0 Å². The predicted octanol–water partition coefficient (Wildman–Crippen LogP) is 4.11. The highest BCUT2D eigenvalue weighted by Crippen LogP contribution is 2.24. The van der Waals surface area contributed by atoms with Crippen LogP contribution in [-0.4, -0.2) is 53.0 Å². The van der Waals surface area contributed by atoms with Gasteiger partial charge in [0.25, 0.3) is 0 Å². The first-order valence-corrected chi connectivity index (χ1v) is 10.4. The Morgan fingerprint density at radius 1 is 1.26 bits per heavy atom. The van der Waals surface area contributed by atoms with Crippen molar-refractivity contribution in [3.05, 3.63) is 36.4 Å². The van der Waals surface area contributed by atoms with Gasteiger partial charge in [-0.15, -0.1) is 5.06 Å². The van der Waals surface area contributed by atoms with Crippen molar-refractivity contribution in [1.29, 1.82) is 0 Å². The largest absolute Gasteiger partial charge is 0.528 e. The van der Waals surface area contributed by atoms with E-state index in [0.717, 1.165) is 0 Å². The molecule has 0 atom stereocenters. The molecule has 10 heteroatoms. The summed E-state index contributed by atoms with van der Waals surface area (Å²) in [4.78, 5) is 25.0. The Morgan fingerprint density at radius 2 is 2.03 bits per heavy atom. The minimum Gasteiger partial charge on any atom is -0.474 e. The van der Waals surface area contributed by atoms with Crippen LogP contribution in [0.4, 0.5) is 26.4 Å². The smallest absolute Gasteiger partial charge is 0.474 e. The van der Waals surface area contributed by atoms with E-state index in [0.29, 0.717) is 55.5 Å². The van der Waals surface area contributed by atoms with Crippen LogP contribution in [0.15, 0.2) is 30.6 Å². The van der Waals surface area contributed by atoms with Crippen LogP contribution in [0.2, 0.25) is 0 Å². The van der Waals surface area contributed by atoms with Crippen LogP contribution in [0, 0.1) is 5.82 Å². The first-order valence-electron chi connectivity index (χ1n) is 10.4. The second kappa shape index (κ2) is 10.8. The highest BCUT2D eigenvalue weighted by Gasteiger charge is 2.24. The number of nitrogens with zero attached hydrogens (tertiary/aromatic N) is 3. The Hall–Kier alpha value is -3.14. The molecule has 0 amide bonds. The van der Waals surface area contributed by atoms with Crippen LogP contribution in [0.3, 0.4) is 0 Å². The standard InChI is InChI=1S/C21H28FN5O4/c1-4-23-15-5-6-18(17(22)11-15)26-19-12-20(25-13-24-19)30-16-7-9-27(10-8-16)31-21(28)29-14(2)3/h5-6,11-14,16,23H,4,7-10H2,1-3H3,(H,24,25,26). The fourth-order valence-corrected chi connectivity index (χ4v) is 3.07. The third-order valence-corrected chi connectivity index (χ3v) is 4.48. The fraction of sp³-hybridized carbons (Fsp3) is 0.476. The first-order chi connectivity index (χ1) is 14.9. The van der Waals surface area contributed by atoms with E-state index in [9.17, 15) is 9.18 Å². The molecule has 1 aliphatic rings. The number of carbonyl (C=O) groups excluding carboxylic acids is 1. The summed E-state index contributed by atoms with van der Waals surface area (Å²) in [6.45, 7) is 7.24. The van der Waals surface area contributed by atoms with Gasteiger partial charge in [-0.25, -0.2) is 19.2 Å². The molecule has 0 unspecified atom stereocenters. The van der Waals surface area contributed by atoms with Crippen molar-refractivity contribution in [3.8, 4) is 5.88 Å². The van der Waals surface area contributed by atoms with E-state index >= 15 is 0 Å². The number of ether oxygens (including phenoxy) is 2. The topological polar surface area (TPSA) is 97.8 Å². The van der Waals surface area contributed by atoms with E-state index in [1.54, 1.807) is 37.1 Å². The number of hydrogen-bond donors (Lipinski definition) is 2. The van der Waals surface area contributed by atoms with Gasteiger partial charge in [0.15, 0.2) is 0 Å². The lowest BCUT2D eigenvalue weighted by Gasteiger charge is -2.30. The zero-order valence-electron chi connectivity index (χ0n) is 17.9. The molecule has 0 saturated carbocycles. The Bertz CT molecular complexity index is 875. The average Bonchev–Trinajstić information content (AvgIpc) is 2.71. The SMILES string of the molecule is CCNc1ccc(Nc2cc(OC3CCN(OC(=O)OC(C)C)CC3)ncn2)c(F)c1. The van der Waals surface area contributed by atoms with E-state index in [4.69, 9.17) is 14.3 Å². The molecule has 1 aromatic heterocycles. The fourth-order valence-electron chi connectivity index (χ4n) is 3.07. The van der Waals surface area contributed by atoms with Crippen LogP contribution in [0.1, 0.15) is 33.6 Å². The number of aromatic nitrogens is 2. The van der Waals surface area contributed by atoms with Crippen molar-refractivity contribution in [1.82, 2.24) is 15.0 Å². The van der Waals surface area contributed by atoms with Crippen LogP contribution in [-0.2, 0) is 9.57 Å². The minimum absolute atomic E-state index is 0.0835. The molecule has 1 fully saturated rings. The highest BCUT2D eigenvalue weighted by molar-refractivity contribution is 5.61. The van der Waals surface area contributed by atoms with Crippen LogP contribution in [0.5, 0.6) is 5.88 Å². The molecule has 1 aliphatic heterocycles. The summed E-state index contributed by atoms with van der Waals surface area (Å²) in [7, 11) is 0. The Balaban J connectivity index is 1.52. The first kappa shape index (κ1) is 22.5. The van der Waals surface area contributed by atoms with Gasteiger partial charge in [0.05, 0.1) is 11.8 Å². The number of halogens is 1. The van der Waals surface area contributed by atoms with E-state index in [1.807, 2.05) is 6.92 Å². The van der Waals surface area contributed by atoms with Gasteiger partial charge in [-0.1, -0.05) is 0 Å². The average molecular weight is 433 g/mol. The summed E-state index contributed by atoms with van der Waals surface area (Å²) in [6, 6.07) is 6.49. The molecular weight excluding hydrogens is 405 g/mol. The normalized spacial score (nSPS) is 14.9. The third-order valence-electron chi connectivity index (χ3n) is 4.48. The highest BCUT2D eigenvalue weighted by atomic mass is 19.1. The van der Waals surface area contributed by atoms with Gasteiger partial charge >= 0.3 is 6.16 Å². The van der Waals surface area contributed by atoms with Crippen LogP contribution >= 0.6 is 0 Å². The van der Waals surface area contributed by atoms with Crippen LogP contribution < -0.4 is 15.4 Å². The maximum atomic E-state index is 14.3. The molecule has 31 heavy (non-hydrogen) atoms. The number of anilines is 3. The monoisotopic (exact) mass is 433 g/mol. The Kier molecular flexibility index (Phi) is 7.82. The third kappa shape index (κ3) is 6.95. The summed E-state index contributed by atoms with van der Waals surface area (Å²) in [5.41, 5.74) is 1.02. The molecule has 2 heterocycles. The molecule has 0 aliphatic carbocycles. The van der Waals surface area contributed by atoms with Gasteiger partial charge < -0.3 is 24.9 Å². The summed E-state index contributed by atoms with van der Waals surface area (Å²) < 4.78 is 25.2. The number of hydroxylamine groups is 2. The van der Waals surface area contributed by atoms with Crippen LogP contribution in [0.25, 0.3) is 0 Å². The van der Waals surface area contributed by atoms with Crippen molar-refractivity contribution in [2.75, 3.05) is 30.3 Å². The Labute approximate surface area is 180 Å². The number of nitrogens with one attached hydrogen (secondary N) is 2. The molecule has 1 aromatic carbocycles. The zero-order chi connectivity index (χ0) is 22.2. The lowest BCUT2D eigenvalue weighted by Crippen LogP contribution is -2.40. The molecule has 1 saturated heterocycles. The maximum absolute atomic E-state index is 14.3. The maximum Gasteiger partial charge on any atom is 0.528 e. The summed E-state index contributed by atoms with van der Waals surface area (Å²) in [5, 5.41) is 7.58. The number of hydrogen-bond acceptors (Lipinski definition) is 9. The molecular formula is C21H28FN5O4. The second-order valence-electron chi connectivity index (χ2n) is 7.35. The number of benzene rings is 1. The molecule has 0 radical (unpaired) electrons. The minimum atomic E-state index is -0.702. The number of piperidine rings is 1. The van der Waals surface area contributed by atoms with Crippen molar-refractivity contribution in [2.45, 2.75) is 45.8 Å². The van der Waals surface area contributed by atoms with E-state index in [1.165, 1.54) is 12.4 Å². The predicted molar refractivity (Wildman–Crippen MR) is 114 cm³/mol. The molecule has 0 bridgehead atoms. The number of carbonyl (C=O) groups is 1. The zero-order valence-corrected chi connectivity index (χ0v) is 17.9. The molecule has 168 valence electrons. The van der Waals surface area contributed by atoms with Gasteiger partial charge in [-0.3, -0.25) is 0 Å². The van der Waals surface area contributed by atoms with Gasteiger partial charge in [-0.05, 0) is 39.0 Å². The van der Waals surface area contributed by atoms with E-state index in [2.05, 4.69) is 20.6 Å². The van der Waals surface area contributed by atoms with Gasteiger partial charge in [0.1, 0.15) is 24.1 Å².